The first-order chi connectivity index (χ1) is 18.0. The van der Waals surface area contributed by atoms with Crippen molar-refractivity contribution in [3.05, 3.63) is 23.4 Å². The fourth-order valence-corrected chi connectivity index (χ4v) is 6.04. The van der Waals surface area contributed by atoms with Crippen LogP contribution in [0.2, 0.25) is 0 Å². The Morgan fingerprint density at radius 1 is 1.14 bits per heavy atom. The number of carbonyl (C=O) groups is 1. The van der Waals surface area contributed by atoms with Crippen molar-refractivity contribution < 1.29 is 18.8 Å². The lowest BCUT2D eigenvalue weighted by Crippen LogP contribution is -2.52. The number of carbonyl (C=O) groups excluding carboxylic acids is 1. The molecule has 0 radical (unpaired) electrons. The van der Waals surface area contributed by atoms with Gasteiger partial charge in [-0.05, 0) is 62.6 Å². The van der Waals surface area contributed by atoms with Gasteiger partial charge in [-0.2, -0.15) is 0 Å². The molecule has 1 saturated heterocycles. The van der Waals surface area contributed by atoms with Crippen LogP contribution in [0.1, 0.15) is 45.4 Å². The Labute approximate surface area is 220 Å². The zero-order valence-electron chi connectivity index (χ0n) is 22.7. The number of aliphatic imine (C=N–C) groups is 1. The van der Waals surface area contributed by atoms with Gasteiger partial charge in [-0.25, -0.2) is 9.87 Å². The van der Waals surface area contributed by atoms with E-state index >= 15 is 0 Å². The molecule has 37 heavy (non-hydrogen) atoms. The van der Waals surface area contributed by atoms with Crippen molar-refractivity contribution in [3.63, 3.8) is 0 Å². The number of rotatable bonds is 9. The van der Waals surface area contributed by atoms with E-state index in [2.05, 4.69) is 32.8 Å². The fourth-order valence-electron chi connectivity index (χ4n) is 6.04. The number of hydroxylamine groups is 1. The predicted molar refractivity (Wildman–Crippen MR) is 143 cm³/mol. The van der Waals surface area contributed by atoms with Crippen molar-refractivity contribution in [2.24, 2.45) is 16.8 Å². The first kappa shape index (κ1) is 28.0. The van der Waals surface area contributed by atoms with Crippen LogP contribution in [0.3, 0.4) is 0 Å². The molecule has 2 aliphatic heterocycles. The minimum Gasteiger partial charge on any atom is -0.377 e. The maximum absolute atomic E-state index is 14.6. The topological polar surface area (TPSA) is 90.5 Å². The highest BCUT2D eigenvalue weighted by Crippen LogP contribution is 2.31. The molecule has 4 rings (SSSR count). The first-order valence-corrected chi connectivity index (χ1v) is 13.9. The van der Waals surface area contributed by atoms with Crippen LogP contribution in [0.4, 0.5) is 4.39 Å². The Kier molecular flexibility index (Phi) is 10.4. The van der Waals surface area contributed by atoms with E-state index < -0.39 is 6.17 Å². The number of nitrogens with one attached hydrogen (secondary N) is 3. The average Bonchev–Trinajstić information content (AvgIpc) is 2.92. The number of halogens is 1. The number of hydrogen-bond donors (Lipinski definition) is 3. The number of amides is 1. The van der Waals surface area contributed by atoms with Gasteiger partial charge in [-0.1, -0.05) is 6.92 Å². The monoisotopic (exact) mass is 520 g/mol. The molecule has 0 aromatic carbocycles. The molecule has 10 heteroatoms. The van der Waals surface area contributed by atoms with E-state index in [0.29, 0.717) is 18.3 Å². The molecule has 0 aromatic rings. The lowest BCUT2D eigenvalue weighted by atomic mass is 9.82. The number of allylic oxidation sites excluding steroid dienone is 1. The molecule has 4 aliphatic rings. The number of ether oxygens (including phenoxy) is 1. The number of alkyl halides is 1. The van der Waals surface area contributed by atoms with Crippen LogP contribution in [0.15, 0.2) is 28.4 Å². The molecular formula is C27H45FN6O3. The molecule has 0 spiro atoms. The van der Waals surface area contributed by atoms with Gasteiger partial charge < -0.3 is 20.3 Å². The highest BCUT2D eigenvalue weighted by atomic mass is 19.1. The third-order valence-corrected chi connectivity index (χ3v) is 8.28. The van der Waals surface area contributed by atoms with Gasteiger partial charge in [-0.3, -0.25) is 19.5 Å². The van der Waals surface area contributed by atoms with Crippen molar-refractivity contribution in [2.45, 2.75) is 63.8 Å². The van der Waals surface area contributed by atoms with Crippen LogP contribution < -0.4 is 16.1 Å². The van der Waals surface area contributed by atoms with Gasteiger partial charge in [0.15, 0.2) is 5.96 Å². The van der Waals surface area contributed by atoms with Crippen LogP contribution in [0.5, 0.6) is 0 Å². The second kappa shape index (κ2) is 13.7. The largest absolute Gasteiger partial charge is 0.377 e. The third kappa shape index (κ3) is 7.99. The number of hydrogen-bond acceptors (Lipinski definition) is 8. The second-order valence-electron chi connectivity index (χ2n) is 10.8. The number of guanidine groups is 1. The lowest BCUT2D eigenvalue weighted by molar-refractivity contribution is -0.127. The van der Waals surface area contributed by atoms with Crippen molar-refractivity contribution in [1.82, 2.24) is 25.9 Å². The molecule has 208 valence electrons. The van der Waals surface area contributed by atoms with E-state index in [1.807, 2.05) is 6.08 Å². The van der Waals surface area contributed by atoms with Crippen LogP contribution in [-0.4, -0.2) is 100 Å². The Morgan fingerprint density at radius 2 is 1.92 bits per heavy atom. The first-order valence-electron chi connectivity index (χ1n) is 13.9. The van der Waals surface area contributed by atoms with Crippen LogP contribution in [-0.2, 0) is 14.4 Å². The van der Waals surface area contributed by atoms with Gasteiger partial charge in [0.1, 0.15) is 6.17 Å². The highest BCUT2D eigenvalue weighted by Gasteiger charge is 2.31. The Hall–Kier alpha value is -2.01. The molecule has 1 fully saturated rings. The summed E-state index contributed by atoms with van der Waals surface area (Å²) >= 11 is 0. The summed E-state index contributed by atoms with van der Waals surface area (Å²) in [7, 11) is 3.13. The zero-order chi connectivity index (χ0) is 26.2. The van der Waals surface area contributed by atoms with E-state index in [4.69, 9.17) is 14.6 Å². The summed E-state index contributed by atoms with van der Waals surface area (Å²) in [6.07, 6.45) is 7.80. The molecule has 2 heterocycles. The fraction of sp³-hybridized carbons (Fsp3) is 0.778. The van der Waals surface area contributed by atoms with E-state index in [9.17, 15) is 9.18 Å². The van der Waals surface area contributed by atoms with Crippen LogP contribution >= 0.6 is 0 Å². The van der Waals surface area contributed by atoms with Crippen LogP contribution in [0.25, 0.3) is 0 Å². The van der Waals surface area contributed by atoms with Gasteiger partial charge in [0.2, 0.25) is 0 Å². The van der Waals surface area contributed by atoms with Crippen LogP contribution in [0, 0.1) is 11.8 Å². The molecule has 1 amide bonds. The van der Waals surface area contributed by atoms with Crippen molar-refractivity contribution >= 4 is 11.9 Å². The summed E-state index contributed by atoms with van der Waals surface area (Å²) in [4.78, 5) is 26.7. The molecule has 0 bridgehead atoms. The Bertz CT molecular complexity index is 857. The Morgan fingerprint density at radius 3 is 2.59 bits per heavy atom. The number of likely N-dealkylation sites (N-methyl/N-ethyl adjacent to an activating group) is 1. The van der Waals surface area contributed by atoms with E-state index in [1.165, 1.54) is 7.11 Å². The molecular weight excluding hydrogens is 475 g/mol. The zero-order valence-corrected chi connectivity index (χ0v) is 22.7. The lowest BCUT2D eigenvalue weighted by Gasteiger charge is -2.41. The molecule has 3 N–H and O–H groups in total. The summed E-state index contributed by atoms with van der Waals surface area (Å²) in [5.41, 5.74) is 4.09. The van der Waals surface area contributed by atoms with E-state index in [1.54, 1.807) is 13.2 Å². The molecule has 0 aromatic heterocycles. The SMILES string of the molecule is CCN1CCN([C@H]2CC(NC3=NC[C@H](CC[C@H]4CC(C(=O)NOC)=C[C@@H](OC)C4)CN3)=C[C@@H](F)C2)CC1. The summed E-state index contributed by atoms with van der Waals surface area (Å²) in [5, 5.41) is 6.82. The molecule has 9 nitrogen and oxygen atoms in total. The second-order valence-corrected chi connectivity index (χ2v) is 10.8. The van der Waals surface area contributed by atoms with Gasteiger partial charge in [-0.15, -0.1) is 0 Å². The average molecular weight is 521 g/mol. The normalized spacial score (nSPS) is 31.6. The quantitative estimate of drug-likeness (QED) is 0.401. The smallest absolute Gasteiger partial charge is 0.270 e. The van der Waals surface area contributed by atoms with Crippen molar-refractivity contribution in [2.75, 3.05) is 60.0 Å². The predicted octanol–water partition coefficient (Wildman–Crippen LogP) is 1.98. The molecule has 0 saturated carbocycles. The van der Waals surface area contributed by atoms with Gasteiger partial charge >= 0.3 is 0 Å². The van der Waals surface area contributed by atoms with E-state index in [0.717, 1.165) is 95.1 Å². The molecule has 5 atom stereocenters. The minimum absolute atomic E-state index is 0.0443. The number of nitrogens with zero attached hydrogens (tertiary/aromatic N) is 3. The van der Waals surface area contributed by atoms with Crippen molar-refractivity contribution in [1.29, 1.82) is 0 Å². The van der Waals surface area contributed by atoms with Gasteiger partial charge in [0.25, 0.3) is 5.91 Å². The summed E-state index contributed by atoms with van der Waals surface area (Å²) in [5.74, 6) is 1.39. The van der Waals surface area contributed by atoms with Gasteiger partial charge in [0.05, 0.1) is 13.2 Å². The molecule has 2 aliphatic carbocycles. The number of methoxy groups -OCH3 is 1. The Balaban J connectivity index is 1.22. The van der Waals surface area contributed by atoms with E-state index in [-0.39, 0.29) is 18.1 Å². The maximum Gasteiger partial charge on any atom is 0.270 e. The van der Waals surface area contributed by atoms with Crippen molar-refractivity contribution in [3.8, 4) is 0 Å². The third-order valence-electron chi connectivity index (χ3n) is 8.28. The summed E-state index contributed by atoms with van der Waals surface area (Å²) < 4.78 is 20.1. The van der Waals surface area contributed by atoms with Gasteiger partial charge in [0, 0.05) is 70.1 Å². The summed E-state index contributed by atoms with van der Waals surface area (Å²) in [6.45, 7) is 9.03. The molecule has 0 unspecified atom stereocenters. The number of piperazine rings is 1. The summed E-state index contributed by atoms with van der Waals surface area (Å²) in [6, 6.07) is 0.245. The maximum atomic E-state index is 14.6. The minimum atomic E-state index is -0.918. The standard InChI is InChI=1S/C27H45FN6O3/c1-4-33-7-9-34(10-8-33)24-15-22(28)14-23(16-24)31-27-29-17-20(18-30-27)6-5-19-11-21(26(35)32-37-3)13-25(12-19)36-2/h13-14,19-20,22,24-25H,4-12,15-18H2,1-3H3,(H,32,35)(H2,29,30,31)/t19-,22+,24+,25-/m0/s1. The highest BCUT2D eigenvalue weighted by molar-refractivity contribution is 5.92.